The SMILES string of the molecule is Fc1cccc(Oc2cnc3ccccc3c2)c1I. The molecule has 0 unspecified atom stereocenters. The maximum Gasteiger partial charge on any atom is 0.146 e. The Hall–Kier alpha value is -1.69. The fourth-order valence-electron chi connectivity index (χ4n) is 1.80. The molecule has 2 aromatic carbocycles. The van der Waals surface area contributed by atoms with Crippen molar-refractivity contribution in [3.63, 3.8) is 0 Å². The predicted octanol–water partition coefficient (Wildman–Crippen LogP) is 4.77. The van der Waals surface area contributed by atoms with E-state index in [2.05, 4.69) is 4.98 Å². The molecule has 0 aliphatic heterocycles. The molecule has 19 heavy (non-hydrogen) atoms. The van der Waals surface area contributed by atoms with Crippen LogP contribution in [0.2, 0.25) is 0 Å². The third-order valence-electron chi connectivity index (χ3n) is 2.71. The summed E-state index contributed by atoms with van der Waals surface area (Å²) in [6.07, 6.45) is 1.64. The molecule has 1 heterocycles. The summed E-state index contributed by atoms with van der Waals surface area (Å²) in [7, 11) is 0. The van der Waals surface area contributed by atoms with Crippen molar-refractivity contribution in [2.45, 2.75) is 0 Å². The molecule has 0 N–H and O–H groups in total. The average Bonchev–Trinajstić information content (AvgIpc) is 2.44. The van der Waals surface area contributed by atoms with Gasteiger partial charge in [0, 0.05) is 5.39 Å². The highest BCUT2D eigenvalue weighted by molar-refractivity contribution is 14.1. The van der Waals surface area contributed by atoms with Crippen LogP contribution in [0.5, 0.6) is 11.5 Å². The summed E-state index contributed by atoms with van der Waals surface area (Å²) in [6, 6.07) is 14.4. The Balaban J connectivity index is 1.99. The highest BCUT2D eigenvalue weighted by Gasteiger charge is 2.07. The monoisotopic (exact) mass is 365 g/mol. The zero-order chi connectivity index (χ0) is 13.2. The highest BCUT2D eigenvalue weighted by Crippen LogP contribution is 2.29. The predicted molar refractivity (Wildman–Crippen MR) is 80.9 cm³/mol. The molecule has 1 aromatic heterocycles. The number of nitrogens with zero attached hydrogens (tertiary/aromatic N) is 1. The molecule has 2 nitrogen and oxygen atoms in total. The van der Waals surface area contributed by atoms with E-state index in [1.807, 2.05) is 52.9 Å². The molecule has 0 spiro atoms. The largest absolute Gasteiger partial charge is 0.455 e. The Morgan fingerprint density at radius 3 is 2.79 bits per heavy atom. The van der Waals surface area contributed by atoms with Crippen LogP contribution in [0.15, 0.2) is 54.7 Å². The summed E-state index contributed by atoms with van der Waals surface area (Å²) in [4.78, 5) is 4.31. The molecule has 0 bridgehead atoms. The maximum absolute atomic E-state index is 13.4. The molecule has 94 valence electrons. The van der Waals surface area contributed by atoms with Gasteiger partial charge < -0.3 is 4.74 Å². The van der Waals surface area contributed by atoms with Gasteiger partial charge in [0.1, 0.15) is 17.3 Å². The van der Waals surface area contributed by atoms with Gasteiger partial charge in [-0.1, -0.05) is 24.3 Å². The molecule has 0 saturated carbocycles. The van der Waals surface area contributed by atoms with Crippen LogP contribution in [0.25, 0.3) is 10.9 Å². The fraction of sp³-hybridized carbons (Fsp3) is 0. The first-order chi connectivity index (χ1) is 9.24. The van der Waals surface area contributed by atoms with Gasteiger partial charge in [-0.2, -0.15) is 0 Å². The summed E-state index contributed by atoms with van der Waals surface area (Å²) < 4.78 is 19.6. The lowest BCUT2D eigenvalue weighted by atomic mass is 10.2. The number of pyridine rings is 1. The second-order valence-corrected chi connectivity index (χ2v) is 5.10. The van der Waals surface area contributed by atoms with Crippen molar-refractivity contribution in [1.82, 2.24) is 4.98 Å². The quantitative estimate of drug-likeness (QED) is 0.611. The molecule has 0 fully saturated rings. The Kier molecular flexibility index (Phi) is 3.33. The molecular formula is C15H9FINO. The summed E-state index contributed by atoms with van der Waals surface area (Å²) in [5.41, 5.74) is 0.906. The Morgan fingerprint density at radius 2 is 1.89 bits per heavy atom. The van der Waals surface area contributed by atoms with Crippen LogP contribution in [-0.4, -0.2) is 4.98 Å². The Bertz CT molecular complexity index is 745. The number of halogens is 2. The van der Waals surface area contributed by atoms with Gasteiger partial charge in [0.25, 0.3) is 0 Å². The zero-order valence-corrected chi connectivity index (χ0v) is 12.0. The number of hydrogen-bond donors (Lipinski definition) is 0. The molecule has 0 atom stereocenters. The van der Waals surface area contributed by atoms with E-state index in [1.54, 1.807) is 18.3 Å². The van der Waals surface area contributed by atoms with Gasteiger partial charge in [-0.05, 0) is 46.9 Å². The summed E-state index contributed by atoms with van der Waals surface area (Å²) in [5.74, 6) is 0.812. The van der Waals surface area contributed by atoms with Crippen LogP contribution in [0.4, 0.5) is 4.39 Å². The summed E-state index contributed by atoms with van der Waals surface area (Å²) in [6.45, 7) is 0. The zero-order valence-electron chi connectivity index (χ0n) is 9.81. The molecule has 0 aliphatic rings. The third kappa shape index (κ3) is 2.53. The molecular weight excluding hydrogens is 356 g/mol. The van der Waals surface area contributed by atoms with Crippen molar-refractivity contribution in [3.05, 3.63) is 64.1 Å². The van der Waals surface area contributed by atoms with E-state index in [4.69, 9.17) is 4.74 Å². The first kappa shape index (κ1) is 12.3. The van der Waals surface area contributed by atoms with Gasteiger partial charge in [-0.25, -0.2) is 4.39 Å². The second kappa shape index (κ2) is 5.13. The second-order valence-electron chi connectivity index (χ2n) is 4.02. The van der Waals surface area contributed by atoms with E-state index in [0.29, 0.717) is 15.1 Å². The fourth-order valence-corrected chi connectivity index (χ4v) is 2.27. The number of hydrogen-bond acceptors (Lipinski definition) is 2. The molecule has 3 aromatic rings. The highest BCUT2D eigenvalue weighted by atomic mass is 127. The van der Waals surface area contributed by atoms with Gasteiger partial charge in [0.15, 0.2) is 0 Å². The lowest BCUT2D eigenvalue weighted by molar-refractivity contribution is 0.470. The van der Waals surface area contributed by atoms with Gasteiger partial charge in [0.2, 0.25) is 0 Å². The van der Waals surface area contributed by atoms with Crippen molar-refractivity contribution in [2.75, 3.05) is 0 Å². The van der Waals surface area contributed by atoms with Crippen molar-refractivity contribution < 1.29 is 9.13 Å². The standard InChI is InChI=1S/C15H9FINO/c16-12-5-3-7-14(15(12)17)19-11-8-10-4-1-2-6-13(10)18-9-11/h1-9H. The van der Waals surface area contributed by atoms with Crippen molar-refractivity contribution in [2.24, 2.45) is 0 Å². The Morgan fingerprint density at radius 1 is 1.05 bits per heavy atom. The average molecular weight is 365 g/mol. The number of fused-ring (bicyclic) bond motifs is 1. The first-order valence-electron chi connectivity index (χ1n) is 5.71. The van der Waals surface area contributed by atoms with Crippen molar-refractivity contribution in [3.8, 4) is 11.5 Å². The topological polar surface area (TPSA) is 22.1 Å². The Labute approximate surface area is 123 Å². The van der Waals surface area contributed by atoms with Crippen LogP contribution < -0.4 is 4.74 Å². The minimum Gasteiger partial charge on any atom is -0.455 e. The number of ether oxygens (including phenoxy) is 1. The number of benzene rings is 2. The van der Waals surface area contributed by atoms with Crippen LogP contribution in [0, 0.1) is 9.39 Å². The summed E-state index contributed by atoms with van der Waals surface area (Å²) in [5, 5.41) is 0.992. The number of aromatic nitrogens is 1. The minimum atomic E-state index is -0.285. The van der Waals surface area contributed by atoms with Gasteiger partial charge >= 0.3 is 0 Å². The van der Waals surface area contributed by atoms with E-state index in [-0.39, 0.29) is 5.82 Å². The molecule has 0 radical (unpaired) electrons. The van der Waals surface area contributed by atoms with Gasteiger partial charge in [0.05, 0.1) is 15.3 Å². The molecule has 0 amide bonds. The minimum absolute atomic E-state index is 0.285. The van der Waals surface area contributed by atoms with Crippen LogP contribution >= 0.6 is 22.6 Å². The summed E-state index contributed by atoms with van der Waals surface area (Å²) >= 11 is 1.93. The van der Waals surface area contributed by atoms with E-state index < -0.39 is 0 Å². The van der Waals surface area contributed by atoms with E-state index in [1.165, 1.54) is 6.07 Å². The molecule has 4 heteroatoms. The maximum atomic E-state index is 13.4. The van der Waals surface area contributed by atoms with Crippen molar-refractivity contribution in [1.29, 1.82) is 0 Å². The van der Waals surface area contributed by atoms with Gasteiger partial charge in [-0.15, -0.1) is 0 Å². The first-order valence-corrected chi connectivity index (χ1v) is 6.78. The molecule has 0 saturated heterocycles. The lowest BCUT2D eigenvalue weighted by Crippen LogP contribution is -1.91. The van der Waals surface area contributed by atoms with Crippen LogP contribution in [-0.2, 0) is 0 Å². The molecule has 3 rings (SSSR count). The van der Waals surface area contributed by atoms with Crippen LogP contribution in [0.1, 0.15) is 0 Å². The van der Waals surface area contributed by atoms with E-state index in [0.717, 1.165) is 10.9 Å². The number of para-hydroxylation sites is 1. The van der Waals surface area contributed by atoms with Crippen molar-refractivity contribution >= 4 is 33.5 Å². The van der Waals surface area contributed by atoms with E-state index >= 15 is 0 Å². The van der Waals surface area contributed by atoms with E-state index in [9.17, 15) is 4.39 Å². The lowest BCUT2D eigenvalue weighted by Gasteiger charge is -2.08. The smallest absolute Gasteiger partial charge is 0.146 e. The number of rotatable bonds is 2. The third-order valence-corrected chi connectivity index (χ3v) is 3.76. The van der Waals surface area contributed by atoms with Crippen LogP contribution in [0.3, 0.4) is 0 Å². The van der Waals surface area contributed by atoms with Gasteiger partial charge in [-0.3, -0.25) is 4.98 Å². The normalized spacial score (nSPS) is 10.6. The molecule has 0 aliphatic carbocycles.